The Morgan fingerprint density at radius 2 is 1.18 bits per heavy atom. The molecule has 0 amide bonds. The van der Waals surface area contributed by atoms with Gasteiger partial charge in [0.1, 0.15) is 0 Å². The second-order valence-corrected chi connectivity index (χ2v) is 4.89. The van der Waals surface area contributed by atoms with Crippen LogP contribution in [0.3, 0.4) is 0 Å². The van der Waals surface area contributed by atoms with E-state index in [-0.39, 0.29) is 5.92 Å². The lowest BCUT2D eigenvalue weighted by atomic mass is 9.71. The minimum absolute atomic E-state index is 0.234. The molecule has 0 spiro atoms. The van der Waals surface area contributed by atoms with Crippen LogP contribution in [-0.2, 0) is 0 Å². The lowest BCUT2D eigenvalue weighted by Gasteiger charge is -2.41. The average molecular weight is 304 g/mol. The third-order valence-electron chi connectivity index (χ3n) is 3.65. The van der Waals surface area contributed by atoms with Crippen LogP contribution in [0.5, 0.6) is 0 Å². The monoisotopic (exact) mass is 304 g/mol. The normalized spacial score (nSPS) is 29.0. The Morgan fingerprint density at radius 3 is 1.41 bits per heavy atom. The molecule has 0 radical (unpaired) electrons. The van der Waals surface area contributed by atoms with Crippen LogP contribution in [0.1, 0.15) is 19.8 Å². The first-order valence-electron chi connectivity index (χ1n) is 6.60. The van der Waals surface area contributed by atoms with Crippen LogP contribution in [0, 0.1) is 29.0 Å². The summed E-state index contributed by atoms with van der Waals surface area (Å²) >= 11 is 0. The Kier molecular flexibility index (Phi) is 8.32. The zero-order valence-corrected chi connectivity index (χ0v) is 12.3. The number of hydrogen-bond donors (Lipinski definition) is 4. The van der Waals surface area contributed by atoms with Crippen molar-refractivity contribution in [1.82, 2.24) is 0 Å². The van der Waals surface area contributed by atoms with E-state index in [4.69, 9.17) is 20.7 Å². The molecule has 2 rings (SSSR count). The molecule has 22 heavy (non-hydrogen) atoms. The molecule has 0 bridgehead atoms. The Labute approximate surface area is 129 Å². The molecule has 4 N–H and O–H groups in total. The first-order chi connectivity index (χ1) is 10.4. The lowest BCUT2D eigenvalue weighted by Crippen LogP contribution is -2.49. The van der Waals surface area contributed by atoms with Gasteiger partial charge in [-0.1, -0.05) is 55.5 Å². The van der Waals surface area contributed by atoms with Gasteiger partial charge >= 0.3 is 0 Å². The average Bonchev–Trinajstić information content (AvgIpc) is 2.50. The highest BCUT2D eigenvalue weighted by Gasteiger charge is 2.43. The summed E-state index contributed by atoms with van der Waals surface area (Å²) in [6.45, 7) is 1.90. The third-order valence-corrected chi connectivity index (χ3v) is 3.65. The maximum Gasteiger partial charge on any atom is 0.283 e. The van der Waals surface area contributed by atoms with Crippen molar-refractivity contribution >= 4 is 0 Å². The summed E-state index contributed by atoms with van der Waals surface area (Å²) in [5, 5.41) is 48.5. The topological polar surface area (TPSA) is 128 Å². The van der Waals surface area contributed by atoms with Gasteiger partial charge in [0.2, 0.25) is 0 Å². The molecule has 0 aromatic carbocycles. The fourth-order valence-electron chi connectivity index (χ4n) is 2.33. The zero-order valence-electron chi connectivity index (χ0n) is 12.3. The van der Waals surface area contributed by atoms with Crippen LogP contribution < -0.4 is 0 Å². The van der Waals surface area contributed by atoms with Crippen molar-refractivity contribution in [3.8, 4) is 12.5 Å². The van der Waals surface area contributed by atoms with Crippen LogP contribution in [0.25, 0.3) is 0 Å². The molecule has 0 aliphatic heterocycles. The van der Waals surface area contributed by atoms with Gasteiger partial charge in [-0.2, -0.15) is 10.5 Å². The van der Waals surface area contributed by atoms with E-state index in [1.807, 2.05) is 43.4 Å². The van der Waals surface area contributed by atoms with E-state index >= 15 is 0 Å². The summed E-state index contributed by atoms with van der Waals surface area (Å²) in [4.78, 5) is 0. The molecule has 118 valence electrons. The van der Waals surface area contributed by atoms with Crippen molar-refractivity contribution in [1.29, 1.82) is 10.5 Å². The van der Waals surface area contributed by atoms with Crippen LogP contribution >= 0.6 is 0 Å². The molecular weight excluding hydrogens is 284 g/mol. The van der Waals surface area contributed by atoms with Crippen molar-refractivity contribution in [3.05, 3.63) is 48.6 Å². The molecule has 0 saturated heterocycles. The van der Waals surface area contributed by atoms with Crippen LogP contribution in [0.4, 0.5) is 0 Å². The zero-order chi connectivity index (χ0) is 17.1. The van der Waals surface area contributed by atoms with E-state index in [2.05, 4.69) is 0 Å². The van der Waals surface area contributed by atoms with E-state index < -0.39 is 11.2 Å². The smallest absolute Gasteiger partial charge is 0.283 e. The van der Waals surface area contributed by atoms with Crippen molar-refractivity contribution in [2.45, 2.75) is 31.0 Å². The van der Waals surface area contributed by atoms with Gasteiger partial charge in [0.25, 0.3) is 12.5 Å². The van der Waals surface area contributed by atoms with Crippen molar-refractivity contribution in [2.75, 3.05) is 0 Å². The maximum atomic E-state index is 10.5. The number of nitrogens with zero attached hydrogens (tertiary/aromatic N) is 2. The van der Waals surface area contributed by atoms with Crippen LogP contribution in [-0.4, -0.2) is 31.6 Å². The number of rotatable bonds is 2. The number of aliphatic hydroxyl groups is 4. The first-order valence-corrected chi connectivity index (χ1v) is 6.60. The molecule has 0 aromatic rings. The van der Waals surface area contributed by atoms with Gasteiger partial charge in [-0.15, -0.1) is 0 Å². The van der Waals surface area contributed by atoms with Crippen LogP contribution in [0.2, 0.25) is 0 Å². The summed E-state index contributed by atoms with van der Waals surface area (Å²) in [7, 11) is 0. The number of aliphatic hydroxyl groups excluding tert-OH is 2. The number of allylic oxidation sites excluding steroid dienone is 4. The van der Waals surface area contributed by atoms with Crippen LogP contribution in [0.15, 0.2) is 48.6 Å². The standard InChI is InChI=1S/C14H18O2.2CHNO/c1-12(13(15)8-4-2-5-9-13)14(16)10-6-3-7-11-14;2*2-1-3/h2-8,10,12,15-16H,9,11H2,1H3;2*3H. The molecule has 0 saturated carbocycles. The van der Waals surface area contributed by atoms with Gasteiger partial charge in [0.05, 0.1) is 11.2 Å². The Balaban J connectivity index is 0.000000639. The van der Waals surface area contributed by atoms with Crippen molar-refractivity contribution in [2.24, 2.45) is 5.92 Å². The van der Waals surface area contributed by atoms with E-state index in [0.29, 0.717) is 12.8 Å². The minimum Gasteiger partial charge on any atom is -0.443 e. The fraction of sp³-hybridized carbons (Fsp3) is 0.375. The Bertz CT molecular complexity index is 491. The molecule has 0 heterocycles. The fourth-order valence-corrected chi connectivity index (χ4v) is 2.33. The van der Waals surface area contributed by atoms with Crippen molar-refractivity contribution < 1.29 is 20.4 Å². The lowest BCUT2D eigenvalue weighted by molar-refractivity contribution is -0.0673. The summed E-state index contributed by atoms with van der Waals surface area (Å²) in [6.07, 6.45) is 17.6. The van der Waals surface area contributed by atoms with Gasteiger partial charge in [0, 0.05) is 5.92 Å². The molecule has 2 unspecified atom stereocenters. The number of nitriles is 2. The Hall–Kier alpha value is -2.54. The third kappa shape index (κ3) is 5.45. The molecule has 2 aliphatic carbocycles. The molecule has 6 heteroatoms. The maximum absolute atomic E-state index is 10.5. The molecule has 2 aliphatic rings. The minimum atomic E-state index is -0.945. The highest BCUT2D eigenvalue weighted by atomic mass is 16.3. The summed E-state index contributed by atoms with van der Waals surface area (Å²) in [5.74, 6) is -0.234. The van der Waals surface area contributed by atoms with E-state index in [1.54, 1.807) is 12.2 Å². The summed E-state index contributed by atoms with van der Waals surface area (Å²) < 4.78 is 0. The van der Waals surface area contributed by atoms with E-state index in [1.165, 1.54) is 0 Å². The van der Waals surface area contributed by atoms with Crippen molar-refractivity contribution in [3.63, 3.8) is 0 Å². The van der Waals surface area contributed by atoms with Gasteiger partial charge in [-0.3, -0.25) is 0 Å². The molecule has 2 atom stereocenters. The predicted molar refractivity (Wildman–Crippen MR) is 80.0 cm³/mol. The second kappa shape index (κ2) is 9.41. The summed E-state index contributed by atoms with van der Waals surface area (Å²) in [5.41, 5.74) is -1.89. The largest absolute Gasteiger partial charge is 0.443 e. The highest BCUT2D eigenvalue weighted by Crippen LogP contribution is 2.38. The predicted octanol–water partition coefficient (Wildman–Crippen LogP) is 1.80. The van der Waals surface area contributed by atoms with Gasteiger partial charge in [-0.25, -0.2) is 0 Å². The molecule has 6 nitrogen and oxygen atoms in total. The van der Waals surface area contributed by atoms with Gasteiger partial charge < -0.3 is 20.4 Å². The number of hydrogen-bond acceptors (Lipinski definition) is 6. The SMILES string of the molecule is CC(C1(O)C=CC=CC1)C1(O)C=CC=CC1.N#CO.N#CO. The molecule has 0 fully saturated rings. The van der Waals surface area contributed by atoms with E-state index in [0.717, 1.165) is 12.5 Å². The molecule has 0 aromatic heterocycles. The highest BCUT2D eigenvalue weighted by molar-refractivity contribution is 5.26. The summed E-state index contributed by atoms with van der Waals surface area (Å²) in [6, 6.07) is 0. The van der Waals surface area contributed by atoms with Gasteiger partial charge in [0.15, 0.2) is 0 Å². The van der Waals surface area contributed by atoms with Gasteiger partial charge in [-0.05, 0) is 12.8 Å². The Morgan fingerprint density at radius 1 is 0.864 bits per heavy atom. The first kappa shape index (κ1) is 19.5. The van der Waals surface area contributed by atoms with E-state index in [9.17, 15) is 10.2 Å². The second-order valence-electron chi connectivity index (χ2n) is 4.89. The molecular formula is C16H20N2O4. The quantitative estimate of drug-likeness (QED) is 0.576.